The molecule has 0 aromatic carbocycles. The Labute approximate surface area is 96.9 Å². The molecule has 0 bridgehead atoms. The number of pyridine rings is 1. The van der Waals surface area contributed by atoms with Crippen LogP contribution in [0.1, 0.15) is 0 Å². The lowest BCUT2D eigenvalue weighted by molar-refractivity contribution is 0.399. The highest BCUT2D eigenvalue weighted by atomic mass is 32.2. The Balaban J connectivity index is 2.51. The fourth-order valence-electron chi connectivity index (χ4n) is 1.22. The molecule has 0 spiro atoms. The number of nitrogens with two attached hydrogens (primary N) is 1. The lowest BCUT2D eigenvalue weighted by Crippen LogP contribution is -2.13. The van der Waals surface area contributed by atoms with Crippen LogP contribution in [0.25, 0.3) is 11.4 Å². The maximum absolute atomic E-state index is 11.0. The molecule has 0 aliphatic rings. The molecule has 8 nitrogen and oxygen atoms in total. The van der Waals surface area contributed by atoms with Gasteiger partial charge in [-0.2, -0.15) is 10.1 Å². The van der Waals surface area contributed by atoms with E-state index in [4.69, 9.17) is 9.88 Å². The molecule has 0 fully saturated rings. The van der Waals surface area contributed by atoms with Crippen molar-refractivity contribution in [2.24, 2.45) is 5.14 Å². The van der Waals surface area contributed by atoms with Crippen molar-refractivity contribution in [3.8, 4) is 17.3 Å². The van der Waals surface area contributed by atoms with Gasteiger partial charge in [-0.3, -0.25) is 0 Å². The molecule has 0 saturated carbocycles. The molecule has 17 heavy (non-hydrogen) atoms. The van der Waals surface area contributed by atoms with Gasteiger partial charge in [0.25, 0.3) is 15.2 Å². The van der Waals surface area contributed by atoms with Crippen molar-refractivity contribution in [3.05, 3.63) is 18.3 Å². The molecule has 0 amide bonds. The normalized spacial score (nSPS) is 11.4. The number of hydrogen-bond donors (Lipinski definition) is 2. The standard InChI is InChI=1S/C8H9N5O3S/c1-16-7-5(3-2-4-10-7)6-11-8(13-12-6)17(9,14)15/h2-4H,1H3,(H2,9,14,15)(H,11,12,13). The van der Waals surface area contributed by atoms with E-state index in [9.17, 15) is 8.42 Å². The first-order chi connectivity index (χ1) is 8.02. The van der Waals surface area contributed by atoms with Gasteiger partial charge >= 0.3 is 0 Å². The number of H-pyrrole nitrogens is 1. The maximum Gasteiger partial charge on any atom is 0.273 e. The molecule has 2 rings (SSSR count). The second-order valence-electron chi connectivity index (χ2n) is 3.07. The van der Waals surface area contributed by atoms with E-state index < -0.39 is 15.2 Å². The van der Waals surface area contributed by atoms with E-state index >= 15 is 0 Å². The summed E-state index contributed by atoms with van der Waals surface area (Å²) in [7, 11) is -2.46. The van der Waals surface area contributed by atoms with Crippen LogP contribution in [-0.2, 0) is 10.0 Å². The van der Waals surface area contributed by atoms with E-state index in [2.05, 4.69) is 20.2 Å². The van der Waals surface area contributed by atoms with Crippen molar-refractivity contribution in [1.29, 1.82) is 0 Å². The molecule has 2 aromatic rings. The quantitative estimate of drug-likeness (QED) is 0.763. The van der Waals surface area contributed by atoms with E-state index in [1.165, 1.54) is 13.3 Å². The van der Waals surface area contributed by atoms with Gasteiger partial charge in [-0.1, -0.05) is 0 Å². The summed E-state index contributed by atoms with van der Waals surface area (Å²) in [4.78, 5) is 7.71. The van der Waals surface area contributed by atoms with Crippen LogP contribution in [0.15, 0.2) is 23.5 Å². The van der Waals surface area contributed by atoms with Crippen molar-refractivity contribution in [3.63, 3.8) is 0 Å². The second kappa shape index (κ2) is 4.11. The minimum Gasteiger partial charge on any atom is -0.480 e. The lowest BCUT2D eigenvalue weighted by atomic mass is 10.2. The smallest absolute Gasteiger partial charge is 0.273 e. The number of sulfonamides is 1. The zero-order valence-corrected chi connectivity index (χ0v) is 9.60. The number of hydrogen-bond acceptors (Lipinski definition) is 6. The van der Waals surface area contributed by atoms with Gasteiger partial charge in [-0.25, -0.2) is 23.6 Å². The predicted molar refractivity (Wildman–Crippen MR) is 57.5 cm³/mol. The van der Waals surface area contributed by atoms with Crippen molar-refractivity contribution >= 4 is 10.0 Å². The van der Waals surface area contributed by atoms with E-state index in [0.29, 0.717) is 11.4 Å². The topological polar surface area (TPSA) is 124 Å². The summed E-state index contributed by atoms with van der Waals surface area (Å²) >= 11 is 0. The molecule has 9 heteroatoms. The summed E-state index contributed by atoms with van der Waals surface area (Å²) in [6.45, 7) is 0. The molecule has 0 aliphatic carbocycles. The summed E-state index contributed by atoms with van der Waals surface area (Å²) in [5.74, 6) is 0.450. The number of nitrogens with one attached hydrogen (secondary N) is 1. The van der Waals surface area contributed by atoms with Crippen LogP contribution in [0, 0.1) is 0 Å². The Bertz CT molecular complexity index is 636. The van der Waals surface area contributed by atoms with Gasteiger partial charge in [0, 0.05) is 6.20 Å². The number of nitrogens with zero attached hydrogens (tertiary/aromatic N) is 3. The van der Waals surface area contributed by atoms with E-state index in [-0.39, 0.29) is 5.82 Å². The highest BCUT2D eigenvalue weighted by Gasteiger charge is 2.17. The van der Waals surface area contributed by atoms with Crippen LogP contribution in [0.2, 0.25) is 0 Å². The van der Waals surface area contributed by atoms with Crippen LogP contribution in [0.3, 0.4) is 0 Å². The van der Waals surface area contributed by atoms with Crippen LogP contribution < -0.4 is 9.88 Å². The van der Waals surface area contributed by atoms with Crippen LogP contribution in [0.5, 0.6) is 5.88 Å². The Morgan fingerprint density at radius 1 is 1.47 bits per heavy atom. The van der Waals surface area contributed by atoms with Gasteiger partial charge in [0.05, 0.1) is 12.7 Å². The average Bonchev–Trinajstić information content (AvgIpc) is 2.77. The monoisotopic (exact) mass is 255 g/mol. The molecule has 2 aromatic heterocycles. The molecular weight excluding hydrogens is 246 g/mol. The SMILES string of the molecule is COc1ncccc1-c1n[nH]c(S(N)(=O)=O)n1. The first kappa shape index (κ1) is 11.5. The highest BCUT2D eigenvalue weighted by molar-refractivity contribution is 7.89. The van der Waals surface area contributed by atoms with Crippen molar-refractivity contribution in [1.82, 2.24) is 20.2 Å². The van der Waals surface area contributed by atoms with Crippen LogP contribution in [-0.4, -0.2) is 35.7 Å². The summed E-state index contributed by atoms with van der Waals surface area (Å²) in [5.41, 5.74) is 0.473. The Kier molecular flexibility index (Phi) is 2.77. The van der Waals surface area contributed by atoms with E-state index in [1.54, 1.807) is 12.1 Å². The Hall–Kier alpha value is -2.00. The zero-order chi connectivity index (χ0) is 12.5. The molecule has 0 atom stereocenters. The minimum atomic E-state index is -3.90. The highest BCUT2D eigenvalue weighted by Crippen LogP contribution is 2.24. The van der Waals surface area contributed by atoms with Gasteiger partial charge < -0.3 is 4.74 Å². The fourth-order valence-corrected chi connectivity index (χ4v) is 1.60. The summed E-state index contributed by atoms with van der Waals surface area (Å²) < 4.78 is 27.1. The third kappa shape index (κ3) is 2.24. The van der Waals surface area contributed by atoms with Crippen molar-refractivity contribution in [2.75, 3.05) is 7.11 Å². The average molecular weight is 255 g/mol. The summed E-state index contributed by atoms with van der Waals surface area (Å²) in [6, 6.07) is 3.31. The first-order valence-electron chi connectivity index (χ1n) is 4.47. The maximum atomic E-state index is 11.0. The lowest BCUT2D eigenvalue weighted by Gasteiger charge is -2.01. The molecule has 0 radical (unpaired) electrons. The van der Waals surface area contributed by atoms with Gasteiger partial charge in [-0.05, 0) is 12.1 Å². The fraction of sp³-hybridized carbons (Fsp3) is 0.125. The number of primary sulfonamides is 1. The molecule has 90 valence electrons. The first-order valence-corrected chi connectivity index (χ1v) is 6.01. The molecule has 0 unspecified atom stereocenters. The van der Waals surface area contributed by atoms with E-state index in [0.717, 1.165) is 0 Å². The molecule has 2 heterocycles. The summed E-state index contributed by atoms with van der Waals surface area (Å²) in [6.07, 6.45) is 1.54. The number of aromatic amines is 1. The Morgan fingerprint density at radius 3 is 2.82 bits per heavy atom. The van der Waals surface area contributed by atoms with Gasteiger partial charge in [0.1, 0.15) is 0 Å². The third-order valence-corrected chi connectivity index (χ3v) is 2.66. The van der Waals surface area contributed by atoms with E-state index in [1.807, 2.05) is 0 Å². The van der Waals surface area contributed by atoms with Crippen LogP contribution >= 0.6 is 0 Å². The van der Waals surface area contributed by atoms with Gasteiger partial charge in [0.2, 0.25) is 5.88 Å². The third-order valence-electron chi connectivity index (χ3n) is 1.94. The zero-order valence-electron chi connectivity index (χ0n) is 8.78. The van der Waals surface area contributed by atoms with Crippen molar-refractivity contribution < 1.29 is 13.2 Å². The molecule has 0 saturated heterocycles. The van der Waals surface area contributed by atoms with Crippen LogP contribution in [0.4, 0.5) is 0 Å². The number of ether oxygens (including phenoxy) is 1. The number of rotatable bonds is 3. The van der Waals surface area contributed by atoms with Gasteiger partial charge in [-0.15, -0.1) is 0 Å². The van der Waals surface area contributed by atoms with Gasteiger partial charge in [0.15, 0.2) is 5.82 Å². The number of aromatic nitrogens is 4. The Morgan fingerprint density at radius 2 is 2.24 bits per heavy atom. The predicted octanol–water partition coefficient (Wildman–Crippen LogP) is -0.477. The largest absolute Gasteiger partial charge is 0.480 e. The number of methoxy groups -OCH3 is 1. The minimum absolute atomic E-state index is 0.152. The molecule has 0 aliphatic heterocycles. The summed E-state index contributed by atoms with van der Waals surface area (Å²) in [5, 5.41) is 10.5. The van der Waals surface area contributed by atoms with Crippen molar-refractivity contribution in [2.45, 2.75) is 5.16 Å². The second-order valence-corrected chi connectivity index (χ2v) is 4.55. The molecular formula is C8H9N5O3S. The molecule has 3 N–H and O–H groups in total.